The number of rotatable bonds is 0. The predicted octanol–water partition coefficient (Wildman–Crippen LogP) is 4.06. The number of piperazine rings is 1. The monoisotopic (exact) mass is 463 g/mol. The molecule has 4 aromatic rings. The number of hydrogen-bond acceptors (Lipinski definition) is 5. The van der Waals surface area contributed by atoms with Gasteiger partial charge >= 0.3 is 0 Å². The minimum atomic E-state index is 0.0475. The second-order valence-corrected chi connectivity index (χ2v) is 9.13. The van der Waals surface area contributed by atoms with Gasteiger partial charge in [0.05, 0.1) is 11.9 Å². The molecule has 3 aliphatic rings. The largest absolute Gasteiger partial charge is 0.456 e. The average molecular weight is 464 g/mol. The molecule has 0 atom stereocenters. The first-order valence-electron chi connectivity index (χ1n) is 11.9. The summed E-state index contributed by atoms with van der Waals surface area (Å²) >= 11 is 0. The standard InChI is InChI=1S/C28H25N5O2/c29-16-22-5-4-20-14-27(22)35-24-7-6-21-2-1-3-25(26(21)15-24)28(34)32-12-10-31(11-13-32)9-8-23-17-30-19-33(23)18-20/h1-7,14-15,17,19H,8-13,18H2. The maximum absolute atomic E-state index is 13.5. The van der Waals surface area contributed by atoms with E-state index in [1.54, 1.807) is 6.07 Å². The van der Waals surface area contributed by atoms with E-state index >= 15 is 0 Å². The zero-order valence-electron chi connectivity index (χ0n) is 19.4. The molecule has 1 amide bonds. The fraction of sp³-hybridized carbons (Fsp3) is 0.250. The van der Waals surface area contributed by atoms with Crippen LogP contribution in [0.2, 0.25) is 0 Å². The Morgan fingerprint density at radius 2 is 1.86 bits per heavy atom. The van der Waals surface area contributed by atoms with Crippen LogP contribution in [0.15, 0.2) is 67.1 Å². The van der Waals surface area contributed by atoms with E-state index in [1.165, 1.54) is 0 Å². The summed E-state index contributed by atoms with van der Waals surface area (Å²) < 4.78 is 8.38. The van der Waals surface area contributed by atoms with Gasteiger partial charge in [-0.25, -0.2) is 4.98 Å². The third-order valence-corrected chi connectivity index (χ3v) is 6.97. The van der Waals surface area contributed by atoms with Crippen molar-refractivity contribution in [1.29, 1.82) is 5.26 Å². The van der Waals surface area contributed by atoms with Crippen molar-refractivity contribution in [2.24, 2.45) is 0 Å². The molecule has 1 saturated heterocycles. The van der Waals surface area contributed by atoms with Crippen LogP contribution in [0.5, 0.6) is 11.5 Å². The van der Waals surface area contributed by atoms with Gasteiger partial charge in [0, 0.05) is 63.1 Å². The zero-order chi connectivity index (χ0) is 23.8. The molecule has 0 unspecified atom stereocenters. The van der Waals surface area contributed by atoms with Crippen molar-refractivity contribution in [1.82, 2.24) is 19.4 Å². The van der Waals surface area contributed by atoms with Gasteiger partial charge in [-0.05, 0) is 46.7 Å². The summed E-state index contributed by atoms with van der Waals surface area (Å²) in [4.78, 5) is 22.2. The van der Waals surface area contributed by atoms with Crippen molar-refractivity contribution < 1.29 is 9.53 Å². The highest BCUT2D eigenvalue weighted by molar-refractivity contribution is 6.07. The summed E-state index contributed by atoms with van der Waals surface area (Å²) in [6, 6.07) is 19.5. The lowest BCUT2D eigenvalue weighted by Gasteiger charge is -2.35. The molecule has 0 N–H and O–H groups in total. The Labute approximate surface area is 203 Å². The van der Waals surface area contributed by atoms with Crippen molar-refractivity contribution >= 4 is 16.7 Å². The van der Waals surface area contributed by atoms with Crippen LogP contribution < -0.4 is 4.74 Å². The lowest BCUT2D eigenvalue weighted by Crippen LogP contribution is -2.49. The maximum Gasteiger partial charge on any atom is 0.254 e. The van der Waals surface area contributed by atoms with Crippen LogP contribution in [0.4, 0.5) is 0 Å². The number of carbonyl (C=O) groups is 1. The van der Waals surface area contributed by atoms with Crippen LogP contribution in [0.3, 0.4) is 0 Å². The first-order chi connectivity index (χ1) is 17.2. The van der Waals surface area contributed by atoms with Crippen molar-refractivity contribution in [3.05, 3.63) is 89.5 Å². The van der Waals surface area contributed by atoms with Crippen LogP contribution in [0.25, 0.3) is 10.8 Å². The molecule has 0 aliphatic carbocycles. The normalized spacial score (nSPS) is 16.4. The molecule has 0 radical (unpaired) electrons. The lowest BCUT2D eigenvalue weighted by molar-refractivity contribution is 0.0640. The summed E-state index contributed by atoms with van der Waals surface area (Å²) in [6.07, 6.45) is 4.66. The highest BCUT2D eigenvalue weighted by atomic mass is 16.5. The number of nitriles is 1. The fourth-order valence-electron chi connectivity index (χ4n) is 4.98. The van der Waals surface area contributed by atoms with Gasteiger partial charge in [-0.1, -0.05) is 24.3 Å². The smallest absolute Gasteiger partial charge is 0.254 e. The number of benzene rings is 3. The van der Waals surface area contributed by atoms with Gasteiger partial charge in [0.1, 0.15) is 17.6 Å². The molecule has 4 heterocycles. The third kappa shape index (κ3) is 4.13. The van der Waals surface area contributed by atoms with Gasteiger partial charge < -0.3 is 14.2 Å². The van der Waals surface area contributed by atoms with E-state index < -0.39 is 0 Å². The third-order valence-electron chi connectivity index (χ3n) is 6.97. The minimum Gasteiger partial charge on any atom is -0.456 e. The molecule has 3 aliphatic heterocycles. The van der Waals surface area contributed by atoms with Gasteiger partial charge in [0.15, 0.2) is 0 Å². The molecule has 1 fully saturated rings. The van der Waals surface area contributed by atoms with Crippen LogP contribution in [0, 0.1) is 11.3 Å². The quantitative estimate of drug-likeness (QED) is 0.393. The van der Waals surface area contributed by atoms with Gasteiger partial charge in [-0.3, -0.25) is 9.69 Å². The Kier molecular flexibility index (Phi) is 5.44. The second kappa shape index (κ2) is 8.90. The van der Waals surface area contributed by atoms with E-state index in [-0.39, 0.29) is 5.91 Å². The van der Waals surface area contributed by atoms with E-state index in [9.17, 15) is 10.1 Å². The van der Waals surface area contributed by atoms with E-state index in [4.69, 9.17) is 4.74 Å². The molecule has 7 heteroatoms. The minimum absolute atomic E-state index is 0.0475. The highest BCUT2D eigenvalue weighted by Crippen LogP contribution is 2.31. The van der Waals surface area contributed by atoms with Gasteiger partial charge in [0.25, 0.3) is 5.91 Å². The number of ether oxygens (including phenoxy) is 1. The zero-order valence-corrected chi connectivity index (χ0v) is 19.4. The molecule has 1 aromatic heterocycles. The molecular formula is C28H25N5O2. The Morgan fingerprint density at radius 1 is 0.971 bits per heavy atom. The van der Waals surface area contributed by atoms with Gasteiger partial charge in [-0.2, -0.15) is 5.26 Å². The summed E-state index contributed by atoms with van der Waals surface area (Å²) in [6.45, 7) is 4.71. The number of carbonyl (C=O) groups excluding carboxylic acids is 1. The fourth-order valence-corrected chi connectivity index (χ4v) is 4.98. The highest BCUT2D eigenvalue weighted by Gasteiger charge is 2.24. The number of nitrogens with zero attached hydrogens (tertiary/aromatic N) is 5. The Bertz CT molecular complexity index is 1460. The number of hydrogen-bond donors (Lipinski definition) is 0. The SMILES string of the molecule is N#Cc1ccc2cc1Oc1ccc3cccc(c3c1)C(=O)N1CCN(CCc3cncn3C2)CC1. The van der Waals surface area contributed by atoms with Crippen molar-refractivity contribution in [2.75, 3.05) is 32.7 Å². The summed E-state index contributed by atoms with van der Waals surface area (Å²) in [7, 11) is 0. The molecular weight excluding hydrogens is 438 g/mol. The van der Waals surface area contributed by atoms with Crippen molar-refractivity contribution in [2.45, 2.75) is 13.0 Å². The van der Waals surface area contributed by atoms with E-state index in [0.717, 1.165) is 48.1 Å². The van der Waals surface area contributed by atoms with E-state index in [1.807, 2.05) is 66.0 Å². The Hall–Kier alpha value is -4.15. The molecule has 6 bridgehead atoms. The predicted molar refractivity (Wildman–Crippen MR) is 133 cm³/mol. The summed E-state index contributed by atoms with van der Waals surface area (Å²) in [5.74, 6) is 1.15. The Morgan fingerprint density at radius 3 is 2.71 bits per heavy atom. The Balaban J connectivity index is 1.46. The van der Waals surface area contributed by atoms with Crippen molar-refractivity contribution in [3.63, 3.8) is 0 Å². The van der Waals surface area contributed by atoms with Crippen LogP contribution in [0.1, 0.15) is 27.2 Å². The molecule has 174 valence electrons. The molecule has 0 saturated carbocycles. The van der Waals surface area contributed by atoms with Crippen molar-refractivity contribution in [3.8, 4) is 17.6 Å². The molecule has 7 nitrogen and oxygen atoms in total. The first-order valence-corrected chi connectivity index (χ1v) is 11.9. The van der Waals surface area contributed by atoms with Gasteiger partial charge in [0.2, 0.25) is 0 Å². The average Bonchev–Trinajstić information content (AvgIpc) is 3.33. The van der Waals surface area contributed by atoms with E-state index in [0.29, 0.717) is 42.3 Å². The second-order valence-electron chi connectivity index (χ2n) is 9.13. The molecule has 3 aromatic carbocycles. The summed E-state index contributed by atoms with van der Waals surface area (Å²) in [5, 5.41) is 11.5. The number of fused-ring (bicyclic) bond motifs is 3. The first kappa shape index (κ1) is 21.4. The van der Waals surface area contributed by atoms with Crippen LogP contribution in [-0.4, -0.2) is 58.0 Å². The van der Waals surface area contributed by atoms with Crippen LogP contribution >= 0.6 is 0 Å². The molecule has 35 heavy (non-hydrogen) atoms. The molecule has 7 rings (SSSR count). The summed E-state index contributed by atoms with van der Waals surface area (Å²) in [5.41, 5.74) is 3.34. The number of aromatic nitrogens is 2. The number of amides is 1. The van der Waals surface area contributed by atoms with E-state index in [2.05, 4.69) is 20.5 Å². The number of imidazole rings is 1. The molecule has 0 spiro atoms. The van der Waals surface area contributed by atoms with Gasteiger partial charge in [-0.15, -0.1) is 0 Å². The lowest BCUT2D eigenvalue weighted by atomic mass is 10.0. The maximum atomic E-state index is 13.5. The van der Waals surface area contributed by atoms with Crippen LogP contribution in [-0.2, 0) is 13.0 Å². The topological polar surface area (TPSA) is 74.4 Å².